The Hall–Kier alpha value is -2.86. The van der Waals surface area contributed by atoms with E-state index >= 15 is 0 Å². The number of amides is 1. The maximum absolute atomic E-state index is 14.0. The zero-order valence-electron chi connectivity index (χ0n) is 13.2. The van der Waals surface area contributed by atoms with Crippen LogP contribution in [0.25, 0.3) is 21.0 Å². The van der Waals surface area contributed by atoms with Gasteiger partial charge in [0.15, 0.2) is 10.6 Å². The highest BCUT2D eigenvalue weighted by atomic mass is 32.1. The molecule has 4 rings (SSSR count). The average molecular weight is 354 g/mol. The molecule has 0 N–H and O–H groups in total. The number of carbonyl (C=O) groups is 1. The van der Waals surface area contributed by atoms with Crippen LogP contribution in [-0.2, 0) is 7.05 Å². The number of thiazole rings is 1. The summed E-state index contributed by atoms with van der Waals surface area (Å²) in [7, 11) is 1.61. The molecule has 0 radical (unpaired) electrons. The van der Waals surface area contributed by atoms with Gasteiger partial charge in [-0.2, -0.15) is 4.99 Å². The predicted molar refractivity (Wildman–Crippen MR) is 94.6 cm³/mol. The largest absolute Gasteiger partial charge is 0.317 e. The Labute approximate surface area is 145 Å². The van der Waals surface area contributed by atoms with E-state index < -0.39 is 17.5 Å². The number of halogens is 2. The summed E-state index contributed by atoms with van der Waals surface area (Å²) in [5.41, 5.74) is 0.707. The van der Waals surface area contributed by atoms with Crippen molar-refractivity contribution in [1.82, 2.24) is 4.57 Å². The van der Waals surface area contributed by atoms with Crippen molar-refractivity contribution in [3.05, 3.63) is 76.6 Å². The number of nitrogens with zero attached hydrogens (tertiary/aromatic N) is 2. The first kappa shape index (κ1) is 15.7. The van der Waals surface area contributed by atoms with Crippen LogP contribution >= 0.6 is 11.3 Å². The molecule has 0 aliphatic carbocycles. The van der Waals surface area contributed by atoms with Crippen LogP contribution in [0.3, 0.4) is 0 Å². The van der Waals surface area contributed by atoms with Crippen LogP contribution in [0.15, 0.2) is 59.6 Å². The second-order valence-electron chi connectivity index (χ2n) is 5.62. The lowest BCUT2D eigenvalue weighted by molar-refractivity contribution is 0.0999. The second-order valence-corrected chi connectivity index (χ2v) is 6.63. The van der Waals surface area contributed by atoms with E-state index in [9.17, 15) is 13.6 Å². The van der Waals surface area contributed by atoms with Gasteiger partial charge in [-0.25, -0.2) is 8.78 Å². The second kappa shape index (κ2) is 5.89. The van der Waals surface area contributed by atoms with Crippen LogP contribution in [0.4, 0.5) is 8.78 Å². The highest BCUT2D eigenvalue weighted by molar-refractivity contribution is 7.16. The maximum Gasteiger partial charge on any atom is 0.280 e. The third-order valence-corrected chi connectivity index (χ3v) is 5.11. The van der Waals surface area contributed by atoms with Gasteiger partial charge >= 0.3 is 0 Å². The molecule has 0 fully saturated rings. The van der Waals surface area contributed by atoms with Crippen molar-refractivity contribution in [1.29, 1.82) is 0 Å². The summed E-state index contributed by atoms with van der Waals surface area (Å²) in [6, 6.07) is 15.0. The molecule has 4 aromatic rings. The van der Waals surface area contributed by atoms with Crippen LogP contribution in [0.1, 0.15) is 10.4 Å². The molecule has 0 aliphatic heterocycles. The van der Waals surface area contributed by atoms with Gasteiger partial charge in [-0.05, 0) is 22.9 Å². The standard InChI is InChI=1S/C19H12F2N2OS/c1-23-17-15(21)9-12(20)10-16(17)25-19(23)22-18(24)14-8-4-6-11-5-2-3-7-13(11)14/h2-10H,1H3. The van der Waals surface area contributed by atoms with E-state index in [1.165, 1.54) is 10.6 Å². The number of hydrogen-bond donors (Lipinski definition) is 0. The first-order chi connectivity index (χ1) is 12.0. The van der Waals surface area contributed by atoms with Gasteiger partial charge < -0.3 is 4.57 Å². The number of benzene rings is 3. The highest BCUT2D eigenvalue weighted by Gasteiger charge is 2.13. The van der Waals surface area contributed by atoms with Gasteiger partial charge in [0.05, 0.1) is 10.2 Å². The number of carbonyl (C=O) groups excluding carboxylic acids is 1. The van der Waals surface area contributed by atoms with Crippen LogP contribution in [0, 0.1) is 11.6 Å². The molecule has 0 aliphatic rings. The van der Waals surface area contributed by atoms with Crippen molar-refractivity contribution in [2.45, 2.75) is 0 Å². The van der Waals surface area contributed by atoms with E-state index in [0.717, 1.165) is 28.2 Å². The SMILES string of the molecule is Cn1c(=NC(=O)c2cccc3ccccc23)sc2cc(F)cc(F)c21. The fourth-order valence-electron chi connectivity index (χ4n) is 2.86. The van der Waals surface area contributed by atoms with E-state index in [-0.39, 0.29) is 5.52 Å². The first-order valence-electron chi connectivity index (χ1n) is 7.56. The summed E-state index contributed by atoms with van der Waals surface area (Å²) in [4.78, 5) is 17.1. The van der Waals surface area contributed by atoms with Crippen molar-refractivity contribution in [2.75, 3.05) is 0 Å². The molecular formula is C19H12F2N2OS. The Morgan fingerprint density at radius 2 is 1.84 bits per heavy atom. The van der Waals surface area contributed by atoms with Crippen molar-refractivity contribution in [2.24, 2.45) is 12.0 Å². The lowest BCUT2D eigenvalue weighted by Gasteiger charge is -2.02. The summed E-state index contributed by atoms with van der Waals surface area (Å²) in [6.45, 7) is 0. The molecule has 3 aromatic carbocycles. The maximum atomic E-state index is 14.0. The number of aromatic nitrogens is 1. The highest BCUT2D eigenvalue weighted by Crippen LogP contribution is 2.22. The van der Waals surface area contributed by atoms with Crippen molar-refractivity contribution in [3.63, 3.8) is 0 Å². The first-order valence-corrected chi connectivity index (χ1v) is 8.37. The zero-order chi connectivity index (χ0) is 17.6. The Balaban J connectivity index is 1.91. The summed E-state index contributed by atoms with van der Waals surface area (Å²) >= 11 is 1.08. The predicted octanol–water partition coefficient (Wildman–Crippen LogP) is 4.41. The van der Waals surface area contributed by atoms with Crippen LogP contribution in [0.2, 0.25) is 0 Å². The zero-order valence-corrected chi connectivity index (χ0v) is 14.0. The Bertz CT molecular complexity index is 1200. The normalized spacial score (nSPS) is 12.2. The Morgan fingerprint density at radius 3 is 2.68 bits per heavy atom. The van der Waals surface area contributed by atoms with Crippen LogP contribution in [0.5, 0.6) is 0 Å². The summed E-state index contributed by atoms with van der Waals surface area (Å²) in [6.07, 6.45) is 0. The molecule has 1 heterocycles. The van der Waals surface area contributed by atoms with Gasteiger partial charge in [-0.15, -0.1) is 0 Å². The smallest absolute Gasteiger partial charge is 0.280 e. The fourth-order valence-corrected chi connectivity index (χ4v) is 3.92. The van der Waals surface area contributed by atoms with Gasteiger partial charge in [-0.1, -0.05) is 47.7 Å². The Kier molecular flexibility index (Phi) is 3.69. The fraction of sp³-hybridized carbons (Fsp3) is 0.0526. The monoisotopic (exact) mass is 354 g/mol. The third kappa shape index (κ3) is 2.64. The van der Waals surface area contributed by atoms with Crippen molar-refractivity contribution < 1.29 is 13.6 Å². The average Bonchev–Trinajstić information content (AvgIpc) is 2.90. The summed E-state index contributed by atoms with van der Waals surface area (Å²) in [5, 5.41) is 1.75. The molecule has 124 valence electrons. The van der Waals surface area contributed by atoms with Gasteiger partial charge in [0, 0.05) is 18.7 Å². The number of hydrogen-bond acceptors (Lipinski definition) is 2. The van der Waals surface area contributed by atoms with Crippen molar-refractivity contribution >= 4 is 38.2 Å². The molecule has 25 heavy (non-hydrogen) atoms. The lowest BCUT2D eigenvalue weighted by atomic mass is 10.0. The van der Waals surface area contributed by atoms with E-state index in [1.54, 1.807) is 19.2 Å². The molecule has 0 unspecified atom stereocenters. The minimum atomic E-state index is -0.673. The molecular weight excluding hydrogens is 342 g/mol. The molecule has 6 heteroatoms. The molecule has 1 aromatic heterocycles. The van der Waals surface area contributed by atoms with Crippen molar-refractivity contribution in [3.8, 4) is 0 Å². The van der Waals surface area contributed by atoms with E-state index in [1.807, 2.05) is 30.3 Å². The summed E-state index contributed by atoms with van der Waals surface area (Å²) in [5.74, 6) is -1.74. The molecule has 0 atom stereocenters. The Morgan fingerprint density at radius 1 is 1.08 bits per heavy atom. The molecule has 0 saturated carbocycles. The molecule has 3 nitrogen and oxygen atoms in total. The van der Waals surface area contributed by atoms with E-state index in [0.29, 0.717) is 15.1 Å². The van der Waals surface area contributed by atoms with Crippen LogP contribution < -0.4 is 4.80 Å². The number of fused-ring (bicyclic) bond motifs is 2. The van der Waals surface area contributed by atoms with Gasteiger partial charge in [0.25, 0.3) is 5.91 Å². The third-order valence-electron chi connectivity index (χ3n) is 4.03. The van der Waals surface area contributed by atoms with Gasteiger partial charge in [0.2, 0.25) is 0 Å². The minimum absolute atomic E-state index is 0.232. The van der Waals surface area contributed by atoms with E-state index in [2.05, 4.69) is 4.99 Å². The lowest BCUT2D eigenvalue weighted by Crippen LogP contribution is -2.14. The van der Waals surface area contributed by atoms with Crippen LogP contribution in [-0.4, -0.2) is 10.5 Å². The van der Waals surface area contributed by atoms with E-state index in [4.69, 9.17) is 0 Å². The topological polar surface area (TPSA) is 34.4 Å². The molecule has 1 amide bonds. The number of rotatable bonds is 1. The molecule has 0 saturated heterocycles. The van der Waals surface area contributed by atoms with Gasteiger partial charge in [0.1, 0.15) is 5.82 Å². The quantitative estimate of drug-likeness (QED) is 0.498. The number of aryl methyl sites for hydroxylation is 1. The molecule has 0 spiro atoms. The van der Waals surface area contributed by atoms with Gasteiger partial charge in [-0.3, -0.25) is 4.79 Å². The summed E-state index contributed by atoms with van der Waals surface area (Å²) < 4.78 is 29.3. The minimum Gasteiger partial charge on any atom is -0.317 e. The molecule has 0 bridgehead atoms.